The van der Waals surface area contributed by atoms with E-state index < -0.39 is 0 Å². The Labute approximate surface area is 142 Å². The van der Waals surface area contributed by atoms with Crippen LogP contribution in [0.2, 0.25) is 5.02 Å². The Bertz CT molecular complexity index is 845. The van der Waals surface area contributed by atoms with Crippen LogP contribution in [-0.2, 0) is 6.61 Å². The number of rotatable bonds is 5. The summed E-state index contributed by atoms with van der Waals surface area (Å²) < 4.78 is 23.7. The van der Waals surface area contributed by atoms with Gasteiger partial charge >= 0.3 is 0 Å². The van der Waals surface area contributed by atoms with E-state index in [4.69, 9.17) is 20.8 Å². The van der Waals surface area contributed by atoms with Crippen LogP contribution in [0.1, 0.15) is 16.3 Å². The number of hydrogen-bond acceptors (Lipinski definition) is 3. The molecule has 6 heteroatoms. The fourth-order valence-electron chi connectivity index (χ4n) is 2.02. The van der Waals surface area contributed by atoms with E-state index in [0.29, 0.717) is 22.2 Å². The Morgan fingerprint density at radius 1 is 1.12 bits per heavy atom. The average molecular weight is 346 g/mol. The van der Waals surface area contributed by atoms with Gasteiger partial charge in [-0.3, -0.25) is 4.79 Å². The number of ether oxygens (including phenoxy) is 1. The maximum Gasteiger partial charge on any atom is 0.291 e. The molecule has 0 unspecified atom stereocenters. The Balaban J connectivity index is 1.60. The Morgan fingerprint density at radius 3 is 2.67 bits per heavy atom. The monoisotopic (exact) mass is 345 g/mol. The maximum absolute atomic E-state index is 12.8. The van der Waals surface area contributed by atoms with Crippen molar-refractivity contribution in [1.82, 2.24) is 0 Å². The van der Waals surface area contributed by atoms with Crippen LogP contribution in [0.25, 0.3) is 0 Å². The third kappa shape index (κ3) is 4.14. The normalized spacial score (nSPS) is 10.4. The van der Waals surface area contributed by atoms with Crippen LogP contribution in [0.3, 0.4) is 0 Å². The molecule has 0 aliphatic rings. The van der Waals surface area contributed by atoms with E-state index in [1.165, 1.54) is 24.3 Å². The zero-order valence-electron chi connectivity index (χ0n) is 12.5. The number of halogens is 2. The number of nitrogens with one attached hydrogen (secondary N) is 1. The second-order valence-corrected chi connectivity index (χ2v) is 5.41. The number of carbonyl (C=O) groups excluding carboxylic acids is 1. The topological polar surface area (TPSA) is 51.5 Å². The van der Waals surface area contributed by atoms with E-state index in [2.05, 4.69) is 5.32 Å². The fraction of sp³-hybridized carbons (Fsp3) is 0.0556. The maximum atomic E-state index is 12.8. The van der Waals surface area contributed by atoms with Crippen molar-refractivity contribution in [2.75, 3.05) is 5.32 Å². The van der Waals surface area contributed by atoms with E-state index in [0.717, 1.165) is 0 Å². The van der Waals surface area contributed by atoms with Crippen LogP contribution >= 0.6 is 11.6 Å². The van der Waals surface area contributed by atoms with Gasteiger partial charge < -0.3 is 14.5 Å². The second-order valence-electron chi connectivity index (χ2n) is 4.97. The van der Waals surface area contributed by atoms with Gasteiger partial charge in [-0.15, -0.1) is 0 Å². The van der Waals surface area contributed by atoms with Crippen molar-refractivity contribution in [3.63, 3.8) is 0 Å². The van der Waals surface area contributed by atoms with Crippen LogP contribution in [0.15, 0.2) is 65.1 Å². The van der Waals surface area contributed by atoms with Gasteiger partial charge in [0.25, 0.3) is 5.91 Å². The molecule has 0 atom stereocenters. The fourth-order valence-corrected chi connectivity index (χ4v) is 2.21. The van der Waals surface area contributed by atoms with Crippen LogP contribution in [-0.4, -0.2) is 5.91 Å². The molecule has 24 heavy (non-hydrogen) atoms. The van der Waals surface area contributed by atoms with Crippen molar-refractivity contribution in [3.8, 4) is 5.75 Å². The summed E-state index contributed by atoms with van der Waals surface area (Å²) in [5, 5.41) is 3.22. The molecule has 0 fully saturated rings. The summed E-state index contributed by atoms with van der Waals surface area (Å²) in [6.45, 7) is 0.135. The van der Waals surface area contributed by atoms with Crippen molar-refractivity contribution < 1.29 is 18.3 Å². The predicted octanol–water partition coefficient (Wildman–Crippen LogP) is 4.90. The third-order valence-corrected chi connectivity index (χ3v) is 3.40. The summed E-state index contributed by atoms with van der Waals surface area (Å²) in [4.78, 5) is 12.1. The number of amides is 1. The Kier molecular flexibility index (Phi) is 4.82. The van der Waals surface area contributed by atoms with Crippen molar-refractivity contribution >= 4 is 23.2 Å². The summed E-state index contributed by atoms with van der Waals surface area (Å²) in [5.74, 6) is 0.437. The average Bonchev–Trinajstić information content (AvgIpc) is 3.03. The van der Waals surface area contributed by atoms with E-state index in [1.807, 2.05) is 0 Å². The van der Waals surface area contributed by atoms with Gasteiger partial charge in [-0.25, -0.2) is 4.39 Å². The van der Waals surface area contributed by atoms with Gasteiger partial charge in [0.1, 0.15) is 23.9 Å². The van der Waals surface area contributed by atoms with Gasteiger partial charge in [-0.1, -0.05) is 17.7 Å². The first-order valence-corrected chi connectivity index (χ1v) is 7.52. The zero-order chi connectivity index (χ0) is 16.9. The molecule has 0 radical (unpaired) electrons. The highest BCUT2D eigenvalue weighted by Crippen LogP contribution is 2.18. The van der Waals surface area contributed by atoms with Gasteiger partial charge in [0.2, 0.25) is 0 Å². The number of furan rings is 1. The molecule has 0 aliphatic carbocycles. The molecule has 4 nitrogen and oxygen atoms in total. The standard InChI is InChI=1S/C18H13ClFNO3/c19-12-2-1-3-14(10-12)21-18(22)17-9-8-16(24-17)11-23-15-6-4-13(20)5-7-15/h1-10H,11H2,(H,21,22). The van der Waals surface area contributed by atoms with E-state index in [9.17, 15) is 9.18 Å². The predicted molar refractivity (Wildman–Crippen MR) is 88.8 cm³/mol. The molecule has 0 spiro atoms. The molecule has 1 amide bonds. The molecule has 2 aromatic carbocycles. The minimum atomic E-state index is -0.384. The zero-order valence-corrected chi connectivity index (χ0v) is 13.2. The van der Waals surface area contributed by atoms with Gasteiger partial charge in [-0.05, 0) is 54.6 Å². The summed E-state index contributed by atoms with van der Waals surface area (Å²) in [7, 11) is 0. The molecule has 1 heterocycles. The number of hydrogen-bond donors (Lipinski definition) is 1. The lowest BCUT2D eigenvalue weighted by atomic mass is 10.3. The molecule has 122 valence electrons. The molecular formula is C18H13ClFNO3. The number of benzene rings is 2. The first kappa shape index (κ1) is 16.1. The highest BCUT2D eigenvalue weighted by atomic mass is 35.5. The molecule has 3 rings (SSSR count). The summed E-state index contributed by atoms with van der Waals surface area (Å²) in [6.07, 6.45) is 0. The van der Waals surface area contributed by atoms with Crippen molar-refractivity contribution in [3.05, 3.63) is 83.0 Å². The van der Waals surface area contributed by atoms with Crippen molar-refractivity contribution in [1.29, 1.82) is 0 Å². The van der Waals surface area contributed by atoms with Gasteiger partial charge in [0.05, 0.1) is 0 Å². The summed E-state index contributed by atoms with van der Waals surface area (Å²) >= 11 is 5.87. The minimum absolute atomic E-state index is 0.135. The molecule has 1 N–H and O–H groups in total. The Morgan fingerprint density at radius 2 is 1.92 bits per heavy atom. The van der Waals surface area contributed by atoms with Gasteiger partial charge in [0, 0.05) is 10.7 Å². The highest BCUT2D eigenvalue weighted by Gasteiger charge is 2.12. The summed E-state index contributed by atoms with van der Waals surface area (Å²) in [6, 6.07) is 15.7. The molecule has 0 saturated heterocycles. The van der Waals surface area contributed by atoms with Crippen LogP contribution < -0.4 is 10.1 Å². The van der Waals surface area contributed by atoms with Crippen LogP contribution in [0.4, 0.5) is 10.1 Å². The van der Waals surface area contributed by atoms with E-state index in [1.54, 1.807) is 36.4 Å². The van der Waals surface area contributed by atoms with E-state index >= 15 is 0 Å². The molecule has 0 bridgehead atoms. The van der Waals surface area contributed by atoms with Crippen LogP contribution in [0, 0.1) is 5.82 Å². The third-order valence-electron chi connectivity index (χ3n) is 3.16. The molecule has 0 aliphatic heterocycles. The Hall–Kier alpha value is -2.79. The minimum Gasteiger partial charge on any atom is -0.486 e. The lowest BCUT2D eigenvalue weighted by Crippen LogP contribution is -2.10. The smallest absolute Gasteiger partial charge is 0.291 e. The number of carbonyl (C=O) groups is 1. The largest absolute Gasteiger partial charge is 0.486 e. The van der Waals surface area contributed by atoms with Crippen molar-refractivity contribution in [2.24, 2.45) is 0 Å². The quantitative estimate of drug-likeness (QED) is 0.715. The van der Waals surface area contributed by atoms with Crippen LogP contribution in [0.5, 0.6) is 5.75 Å². The summed E-state index contributed by atoms with van der Waals surface area (Å²) in [5.41, 5.74) is 0.577. The first-order chi connectivity index (χ1) is 11.6. The van der Waals surface area contributed by atoms with Crippen molar-refractivity contribution in [2.45, 2.75) is 6.61 Å². The van der Waals surface area contributed by atoms with E-state index in [-0.39, 0.29) is 24.1 Å². The molecule has 1 aromatic heterocycles. The second kappa shape index (κ2) is 7.19. The lowest BCUT2D eigenvalue weighted by Gasteiger charge is -2.04. The SMILES string of the molecule is O=C(Nc1cccc(Cl)c1)c1ccc(COc2ccc(F)cc2)o1. The highest BCUT2D eigenvalue weighted by molar-refractivity contribution is 6.30. The molecule has 3 aromatic rings. The lowest BCUT2D eigenvalue weighted by molar-refractivity contribution is 0.0992. The van der Waals surface area contributed by atoms with Gasteiger partial charge in [0.15, 0.2) is 5.76 Å². The molecule has 0 saturated carbocycles. The first-order valence-electron chi connectivity index (χ1n) is 7.14. The molecular weight excluding hydrogens is 333 g/mol. The number of anilines is 1. The van der Waals surface area contributed by atoms with Gasteiger partial charge in [-0.2, -0.15) is 0 Å².